The zero-order valence-corrected chi connectivity index (χ0v) is 25.8. The van der Waals surface area contributed by atoms with Gasteiger partial charge in [0, 0.05) is 25.0 Å². The molecule has 0 aromatic heterocycles. The van der Waals surface area contributed by atoms with E-state index in [-0.39, 0.29) is 49.5 Å². The SMILES string of the molecule is CC1(C)O[C@H]2O[C@]3(C[C@@H]3CO)C(OCc3ccccc3)[C@@H]2O1.CC1(C)O[C@H]2O[C@]3(C[C@H]3CO)C(OCc3ccccc3)[C@@H]2O1. The van der Waals surface area contributed by atoms with E-state index in [1.54, 1.807) is 0 Å². The molecule has 240 valence electrons. The van der Waals surface area contributed by atoms with Crippen molar-refractivity contribution in [2.45, 2.75) is 114 Å². The summed E-state index contributed by atoms with van der Waals surface area (Å²) in [6, 6.07) is 20.1. The highest BCUT2D eigenvalue weighted by Gasteiger charge is 2.73. The van der Waals surface area contributed by atoms with Crippen LogP contribution in [-0.2, 0) is 51.1 Å². The van der Waals surface area contributed by atoms with Crippen LogP contribution in [0.25, 0.3) is 0 Å². The van der Waals surface area contributed by atoms with Crippen LogP contribution in [0.1, 0.15) is 51.7 Å². The van der Waals surface area contributed by atoms with E-state index in [0.717, 1.165) is 24.0 Å². The lowest BCUT2D eigenvalue weighted by Gasteiger charge is -2.26. The van der Waals surface area contributed by atoms with Gasteiger partial charge in [0.15, 0.2) is 24.2 Å². The second-order valence-corrected chi connectivity index (χ2v) is 13.7. The van der Waals surface area contributed by atoms with Crippen molar-refractivity contribution in [3.8, 4) is 0 Å². The van der Waals surface area contributed by atoms with Crippen molar-refractivity contribution in [2.24, 2.45) is 11.8 Å². The van der Waals surface area contributed by atoms with Crippen LogP contribution in [0.4, 0.5) is 0 Å². The van der Waals surface area contributed by atoms with E-state index in [1.165, 1.54) is 0 Å². The van der Waals surface area contributed by atoms with E-state index in [0.29, 0.717) is 13.2 Å². The predicted octanol–water partition coefficient (Wildman–Crippen LogP) is 3.66. The van der Waals surface area contributed by atoms with Gasteiger partial charge in [-0.15, -0.1) is 0 Å². The Hall–Kier alpha value is -1.96. The Morgan fingerprint density at radius 1 is 0.591 bits per heavy atom. The van der Waals surface area contributed by atoms with Crippen LogP contribution < -0.4 is 0 Å². The molecule has 0 radical (unpaired) electrons. The molecule has 10 atom stereocenters. The summed E-state index contributed by atoms with van der Waals surface area (Å²) in [5.41, 5.74) is 1.33. The van der Waals surface area contributed by atoms with Gasteiger partial charge in [0.1, 0.15) is 35.6 Å². The summed E-state index contributed by atoms with van der Waals surface area (Å²) < 4.78 is 48.1. The van der Waals surface area contributed by atoms with Gasteiger partial charge in [-0.1, -0.05) is 60.7 Å². The molecular formula is C34H44O10. The Bertz CT molecular complexity index is 1190. The second kappa shape index (κ2) is 11.4. The summed E-state index contributed by atoms with van der Waals surface area (Å²) in [4.78, 5) is 0. The Labute approximate surface area is 258 Å². The third kappa shape index (κ3) is 5.64. The van der Waals surface area contributed by atoms with E-state index >= 15 is 0 Å². The molecule has 0 bridgehead atoms. The number of benzene rings is 2. The van der Waals surface area contributed by atoms with E-state index < -0.39 is 35.4 Å². The van der Waals surface area contributed by atoms with Gasteiger partial charge in [0.05, 0.1) is 13.2 Å². The normalized spacial score (nSPS) is 41.8. The van der Waals surface area contributed by atoms with Crippen LogP contribution in [0, 0.1) is 11.8 Å². The number of aliphatic hydroxyl groups is 2. The molecule has 10 nitrogen and oxygen atoms in total. The minimum Gasteiger partial charge on any atom is -0.396 e. The Morgan fingerprint density at radius 2 is 0.977 bits per heavy atom. The fraction of sp³-hybridized carbons (Fsp3) is 0.647. The summed E-state index contributed by atoms with van der Waals surface area (Å²) in [7, 11) is 0. The van der Waals surface area contributed by atoms with Gasteiger partial charge >= 0.3 is 0 Å². The second-order valence-electron chi connectivity index (χ2n) is 13.7. The van der Waals surface area contributed by atoms with Crippen molar-refractivity contribution in [2.75, 3.05) is 13.2 Å². The quantitative estimate of drug-likeness (QED) is 0.458. The first-order chi connectivity index (χ1) is 21.1. The maximum atomic E-state index is 9.48. The van der Waals surface area contributed by atoms with E-state index in [4.69, 9.17) is 37.9 Å². The van der Waals surface area contributed by atoms with Crippen molar-refractivity contribution in [3.05, 3.63) is 71.8 Å². The number of hydrogen-bond donors (Lipinski definition) is 2. The molecule has 4 aliphatic heterocycles. The maximum Gasteiger partial charge on any atom is 0.190 e. The van der Waals surface area contributed by atoms with Crippen molar-refractivity contribution in [1.82, 2.24) is 0 Å². The summed E-state index contributed by atoms with van der Waals surface area (Å²) in [5.74, 6) is -1.10. The molecule has 2 N–H and O–H groups in total. The predicted molar refractivity (Wildman–Crippen MR) is 156 cm³/mol. The molecule has 0 amide bonds. The maximum absolute atomic E-state index is 9.48. The van der Waals surface area contributed by atoms with Gasteiger partial charge in [-0.3, -0.25) is 0 Å². The summed E-state index contributed by atoms with van der Waals surface area (Å²) >= 11 is 0. The molecule has 2 spiro atoms. The van der Waals surface area contributed by atoms with Crippen LogP contribution in [0.15, 0.2) is 60.7 Å². The third-order valence-electron chi connectivity index (χ3n) is 9.59. The molecule has 10 heteroatoms. The zero-order chi connectivity index (χ0) is 30.7. The largest absolute Gasteiger partial charge is 0.396 e. The molecule has 44 heavy (non-hydrogen) atoms. The monoisotopic (exact) mass is 612 g/mol. The van der Waals surface area contributed by atoms with Gasteiger partial charge in [-0.2, -0.15) is 0 Å². The number of fused-ring (bicyclic) bond motifs is 2. The molecular weight excluding hydrogens is 568 g/mol. The lowest BCUT2D eigenvalue weighted by Crippen LogP contribution is -2.39. The first kappa shape index (κ1) is 30.7. The third-order valence-corrected chi connectivity index (χ3v) is 9.59. The van der Waals surface area contributed by atoms with Crippen LogP contribution in [0.5, 0.6) is 0 Å². The van der Waals surface area contributed by atoms with Crippen LogP contribution in [0.2, 0.25) is 0 Å². The van der Waals surface area contributed by atoms with E-state index in [9.17, 15) is 10.2 Å². The fourth-order valence-electron chi connectivity index (χ4n) is 7.30. The smallest absolute Gasteiger partial charge is 0.190 e. The zero-order valence-electron chi connectivity index (χ0n) is 25.8. The van der Waals surface area contributed by atoms with Gasteiger partial charge in [0.25, 0.3) is 0 Å². The molecule has 2 unspecified atom stereocenters. The van der Waals surface area contributed by atoms with Gasteiger partial charge < -0.3 is 48.1 Å². The summed E-state index contributed by atoms with van der Waals surface area (Å²) in [6.45, 7) is 8.74. The lowest BCUT2D eigenvalue weighted by molar-refractivity contribution is -0.228. The summed E-state index contributed by atoms with van der Waals surface area (Å²) in [5, 5.41) is 19.0. The number of rotatable bonds is 8. The molecule has 4 heterocycles. The van der Waals surface area contributed by atoms with Crippen LogP contribution in [-0.4, -0.2) is 83.2 Å². The summed E-state index contributed by atoms with van der Waals surface area (Å²) in [6.07, 6.45) is -0.134. The van der Waals surface area contributed by atoms with Crippen molar-refractivity contribution in [1.29, 1.82) is 0 Å². The number of ether oxygens (including phenoxy) is 8. The molecule has 6 aliphatic rings. The molecule has 6 fully saturated rings. The Balaban J connectivity index is 0.000000142. The van der Waals surface area contributed by atoms with Crippen molar-refractivity contribution in [3.63, 3.8) is 0 Å². The Kier molecular flexibility index (Phi) is 7.93. The minimum absolute atomic E-state index is 0.105. The van der Waals surface area contributed by atoms with Crippen LogP contribution in [0.3, 0.4) is 0 Å². The van der Waals surface area contributed by atoms with E-state index in [2.05, 4.69) is 0 Å². The van der Waals surface area contributed by atoms with E-state index in [1.807, 2.05) is 88.4 Å². The van der Waals surface area contributed by atoms with Gasteiger partial charge in [-0.05, 0) is 51.7 Å². The number of aliphatic hydroxyl groups excluding tert-OH is 2. The Morgan fingerprint density at radius 3 is 1.32 bits per heavy atom. The average molecular weight is 613 g/mol. The highest BCUT2D eigenvalue weighted by Crippen LogP contribution is 2.60. The molecule has 2 saturated carbocycles. The van der Waals surface area contributed by atoms with Gasteiger partial charge in [0.2, 0.25) is 0 Å². The van der Waals surface area contributed by atoms with Crippen molar-refractivity contribution < 1.29 is 48.1 Å². The molecule has 2 aliphatic carbocycles. The first-order valence-corrected chi connectivity index (χ1v) is 15.7. The molecule has 2 aromatic carbocycles. The fourth-order valence-corrected chi connectivity index (χ4v) is 7.30. The molecule has 8 rings (SSSR count). The standard InChI is InChI=1S/2C17H22O5/c2*1-16(2)20-13-14(19-10-11-6-4-3-5-7-11)17(8-12(17)9-18)22-15(13)21-16/h2*3-7,12-15,18H,8-10H2,1-2H3/t12-,13+,14?,15+,17+;12-,13-,14?,15-,17-/m10/s1. The van der Waals surface area contributed by atoms with Crippen molar-refractivity contribution >= 4 is 0 Å². The average Bonchev–Trinajstić information content (AvgIpc) is 3.74. The highest BCUT2D eigenvalue weighted by molar-refractivity contribution is 5.20. The highest BCUT2D eigenvalue weighted by atomic mass is 16.9. The number of hydrogen-bond acceptors (Lipinski definition) is 10. The van der Waals surface area contributed by atoms with Gasteiger partial charge in [-0.25, -0.2) is 0 Å². The minimum atomic E-state index is -0.658. The lowest BCUT2D eigenvalue weighted by atomic mass is 10.1. The molecule has 4 saturated heterocycles. The van der Waals surface area contributed by atoms with Crippen LogP contribution >= 0.6 is 0 Å². The first-order valence-electron chi connectivity index (χ1n) is 15.7. The topological polar surface area (TPSA) is 114 Å². The molecule has 2 aromatic rings.